The van der Waals surface area contributed by atoms with Crippen LogP contribution in [0.2, 0.25) is 0 Å². The number of hydrogen-bond acceptors (Lipinski definition) is 4. The van der Waals surface area contributed by atoms with E-state index in [1.807, 2.05) is 48.5 Å². The molecule has 4 rings (SSSR count). The maximum absolute atomic E-state index is 13.4. The number of Topliss-reactive ketones (excluding diaryl/α,β-unsaturated/α-hetero) is 1. The molecule has 1 amide bonds. The Labute approximate surface area is 177 Å². The van der Waals surface area contributed by atoms with Gasteiger partial charge >= 0.3 is 0 Å². The Balaban J connectivity index is 1.93. The molecule has 0 fully saturated rings. The first-order chi connectivity index (χ1) is 14.4. The quantitative estimate of drug-likeness (QED) is 0.728. The zero-order chi connectivity index (χ0) is 21.5. The van der Waals surface area contributed by atoms with E-state index in [0.717, 1.165) is 22.5 Å². The summed E-state index contributed by atoms with van der Waals surface area (Å²) in [6.45, 7) is 4.16. The summed E-state index contributed by atoms with van der Waals surface area (Å²) >= 11 is 0. The van der Waals surface area contributed by atoms with Crippen LogP contribution in [0.25, 0.3) is 0 Å². The highest BCUT2D eigenvalue weighted by molar-refractivity contribution is 6.08. The third-order valence-corrected chi connectivity index (χ3v) is 5.97. The van der Waals surface area contributed by atoms with Crippen molar-refractivity contribution in [3.8, 4) is 11.5 Å². The smallest absolute Gasteiger partial charge is 0.232 e. The molecule has 0 unspecified atom stereocenters. The molecule has 0 bridgehead atoms. The van der Waals surface area contributed by atoms with Crippen molar-refractivity contribution in [2.45, 2.75) is 39.0 Å². The molecule has 156 valence electrons. The van der Waals surface area contributed by atoms with Crippen molar-refractivity contribution < 1.29 is 19.1 Å². The Morgan fingerprint density at radius 3 is 2.33 bits per heavy atom. The molecule has 0 radical (unpaired) electrons. The van der Waals surface area contributed by atoms with Gasteiger partial charge in [0.2, 0.25) is 5.91 Å². The van der Waals surface area contributed by atoms with Gasteiger partial charge in [-0.15, -0.1) is 0 Å². The molecule has 1 aliphatic carbocycles. The lowest BCUT2D eigenvalue weighted by atomic mass is 9.69. The van der Waals surface area contributed by atoms with E-state index in [9.17, 15) is 9.59 Å². The summed E-state index contributed by atoms with van der Waals surface area (Å²) in [4.78, 5) is 28.6. The number of ether oxygens (including phenoxy) is 2. The molecule has 0 saturated carbocycles. The largest absolute Gasteiger partial charge is 0.493 e. The molecule has 2 aromatic rings. The van der Waals surface area contributed by atoms with Crippen molar-refractivity contribution >= 4 is 17.4 Å². The van der Waals surface area contributed by atoms with Gasteiger partial charge in [0.25, 0.3) is 0 Å². The van der Waals surface area contributed by atoms with E-state index in [-0.39, 0.29) is 29.4 Å². The van der Waals surface area contributed by atoms with Crippen LogP contribution in [0.3, 0.4) is 0 Å². The fourth-order valence-corrected chi connectivity index (χ4v) is 4.74. The summed E-state index contributed by atoms with van der Waals surface area (Å²) in [5, 5.41) is 0. The molecule has 5 heteroatoms. The minimum Gasteiger partial charge on any atom is -0.493 e. The lowest BCUT2D eigenvalue weighted by molar-refractivity contribution is -0.121. The zero-order valence-electron chi connectivity index (χ0n) is 17.9. The SMILES string of the molecule is COc1cccc([C@H]2CC(=O)N(c3ccccc3)C3=C2C(=O)CC(C)(C)C3)c1OC. The second-order valence-electron chi connectivity index (χ2n) is 8.71. The third kappa shape index (κ3) is 3.38. The van der Waals surface area contributed by atoms with Gasteiger partial charge in [-0.2, -0.15) is 0 Å². The summed E-state index contributed by atoms with van der Waals surface area (Å²) in [5.74, 6) is 0.917. The molecular formula is C25H27NO4. The van der Waals surface area contributed by atoms with E-state index in [1.165, 1.54) is 0 Å². The first-order valence-corrected chi connectivity index (χ1v) is 10.2. The van der Waals surface area contributed by atoms with Gasteiger partial charge in [-0.25, -0.2) is 0 Å². The Morgan fingerprint density at radius 1 is 0.933 bits per heavy atom. The number of carbonyl (C=O) groups excluding carboxylic acids is 2. The number of methoxy groups -OCH3 is 2. The first kappa shape index (κ1) is 20.2. The normalized spacial score (nSPS) is 20.8. The molecule has 5 nitrogen and oxygen atoms in total. The van der Waals surface area contributed by atoms with Gasteiger partial charge in [0.05, 0.1) is 14.2 Å². The molecule has 0 N–H and O–H groups in total. The maximum Gasteiger partial charge on any atom is 0.232 e. The lowest BCUT2D eigenvalue weighted by Crippen LogP contribution is -2.43. The van der Waals surface area contributed by atoms with Crippen molar-refractivity contribution in [1.82, 2.24) is 0 Å². The molecule has 0 aromatic heterocycles. The van der Waals surface area contributed by atoms with Gasteiger partial charge in [0, 0.05) is 41.3 Å². The maximum atomic E-state index is 13.4. The summed E-state index contributed by atoms with van der Waals surface area (Å²) in [7, 11) is 3.17. The molecular weight excluding hydrogens is 378 g/mol. The number of benzene rings is 2. The number of para-hydroxylation sites is 2. The Kier molecular flexibility index (Phi) is 5.14. The number of carbonyl (C=O) groups is 2. The predicted molar refractivity (Wildman–Crippen MR) is 116 cm³/mol. The lowest BCUT2D eigenvalue weighted by Gasteiger charge is -2.43. The third-order valence-electron chi connectivity index (χ3n) is 5.97. The molecule has 2 aliphatic rings. The van der Waals surface area contributed by atoms with Crippen molar-refractivity contribution in [3.05, 3.63) is 65.4 Å². The molecule has 1 heterocycles. The summed E-state index contributed by atoms with van der Waals surface area (Å²) < 4.78 is 11.1. The van der Waals surface area contributed by atoms with Crippen LogP contribution in [-0.4, -0.2) is 25.9 Å². The molecule has 1 aliphatic heterocycles. The fourth-order valence-electron chi connectivity index (χ4n) is 4.74. The van der Waals surface area contributed by atoms with E-state index >= 15 is 0 Å². The molecule has 2 aromatic carbocycles. The topological polar surface area (TPSA) is 55.8 Å². The van der Waals surface area contributed by atoms with Crippen LogP contribution in [0.4, 0.5) is 5.69 Å². The number of anilines is 1. The van der Waals surface area contributed by atoms with Gasteiger partial charge < -0.3 is 9.47 Å². The van der Waals surface area contributed by atoms with E-state index in [0.29, 0.717) is 24.3 Å². The number of ketones is 1. The highest BCUT2D eigenvalue weighted by Crippen LogP contribution is 2.50. The standard InChI is InChI=1S/C25H27NO4/c1-25(2)14-19-23(20(27)15-25)18(17-11-8-12-21(29-3)24(17)30-4)13-22(28)26(19)16-9-6-5-7-10-16/h5-12,18H,13-15H2,1-4H3/t18-/m1/s1. The first-order valence-electron chi connectivity index (χ1n) is 10.2. The molecule has 1 atom stereocenters. The Morgan fingerprint density at radius 2 is 1.67 bits per heavy atom. The van der Waals surface area contributed by atoms with E-state index < -0.39 is 0 Å². The van der Waals surface area contributed by atoms with Gasteiger partial charge in [-0.05, 0) is 30.0 Å². The highest BCUT2D eigenvalue weighted by atomic mass is 16.5. The van der Waals surface area contributed by atoms with Crippen LogP contribution >= 0.6 is 0 Å². The number of allylic oxidation sites excluding steroid dienone is 2. The van der Waals surface area contributed by atoms with Crippen LogP contribution < -0.4 is 14.4 Å². The van der Waals surface area contributed by atoms with Crippen molar-refractivity contribution in [3.63, 3.8) is 0 Å². The van der Waals surface area contributed by atoms with Crippen LogP contribution in [0.15, 0.2) is 59.8 Å². The monoisotopic (exact) mass is 405 g/mol. The zero-order valence-corrected chi connectivity index (χ0v) is 17.9. The average Bonchev–Trinajstić information content (AvgIpc) is 2.72. The van der Waals surface area contributed by atoms with E-state index in [4.69, 9.17) is 9.47 Å². The summed E-state index contributed by atoms with van der Waals surface area (Å²) in [6.07, 6.45) is 1.34. The van der Waals surface area contributed by atoms with Gasteiger partial charge in [0.15, 0.2) is 17.3 Å². The number of nitrogens with zero attached hydrogens (tertiary/aromatic N) is 1. The van der Waals surface area contributed by atoms with E-state index in [1.54, 1.807) is 19.1 Å². The highest BCUT2D eigenvalue weighted by Gasteiger charge is 2.45. The Hall–Kier alpha value is -3.08. The van der Waals surface area contributed by atoms with Gasteiger partial charge in [-0.3, -0.25) is 14.5 Å². The molecule has 0 saturated heterocycles. The van der Waals surface area contributed by atoms with Crippen LogP contribution in [0.5, 0.6) is 11.5 Å². The number of rotatable bonds is 4. The second-order valence-corrected chi connectivity index (χ2v) is 8.71. The summed E-state index contributed by atoms with van der Waals surface area (Å²) in [6, 6.07) is 15.2. The van der Waals surface area contributed by atoms with Crippen molar-refractivity contribution in [1.29, 1.82) is 0 Å². The average molecular weight is 405 g/mol. The van der Waals surface area contributed by atoms with Crippen molar-refractivity contribution in [2.24, 2.45) is 5.41 Å². The second kappa shape index (κ2) is 7.63. The van der Waals surface area contributed by atoms with Crippen LogP contribution in [0, 0.1) is 5.41 Å². The van der Waals surface area contributed by atoms with Crippen molar-refractivity contribution in [2.75, 3.05) is 19.1 Å². The van der Waals surface area contributed by atoms with Gasteiger partial charge in [-0.1, -0.05) is 44.2 Å². The van der Waals surface area contributed by atoms with Crippen LogP contribution in [0.1, 0.15) is 44.6 Å². The predicted octanol–water partition coefficient (Wildman–Crippen LogP) is 4.87. The number of hydrogen-bond donors (Lipinski definition) is 0. The Bertz CT molecular complexity index is 1020. The fraction of sp³-hybridized carbons (Fsp3) is 0.360. The summed E-state index contributed by atoms with van der Waals surface area (Å²) in [5.41, 5.74) is 2.96. The van der Waals surface area contributed by atoms with E-state index in [2.05, 4.69) is 13.8 Å². The minimum absolute atomic E-state index is 0.0136. The molecule has 30 heavy (non-hydrogen) atoms. The number of amides is 1. The van der Waals surface area contributed by atoms with Gasteiger partial charge in [0.1, 0.15) is 0 Å². The molecule has 0 spiro atoms. The minimum atomic E-state index is -0.346. The van der Waals surface area contributed by atoms with Crippen LogP contribution in [-0.2, 0) is 9.59 Å².